The number of piperidine rings is 1. The van der Waals surface area contributed by atoms with Gasteiger partial charge in [-0.2, -0.15) is 4.39 Å². The summed E-state index contributed by atoms with van der Waals surface area (Å²) in [6, 6.07) is 1.61. The molecule has 0 aliphatic carbocycles. The number of ether oxygens (including phenoxy) is 1. The number of aromatic nitrogens is 3. The maximum absolute atomic E-state index is 13.6. The lowest BCUT2D eigenvalue weighted by atomic mass is 9.77. The molecule has 2 aliphatic heterocycles. The highest BCUT2D eigenvalue weighted by Gasteiger charge is 2.41. The van der Waals surface area contributed by atoms with Crippen molar-refractivity contribution in [1.29, 1.82) is 0 Å². The van der Waals surface area contributed by atoms with Crippen molar-refractivity contribution in [3.05, 3.63) is 29.4 Å². The summed E-state index contributed by atoms with van der Waals surface area (Å²) in [6.07, 6.45) is 8.03. The Morgan fingerprint density at radius 1 is 1.38 bits per heavy atom. The van der Waals surface area contributed by atoms with Gasteiger partial charge in [0.2, 0.25) is 5.95 Å². The van der Waals surface area contributed by atoms with Crippen LogP contribution < -0.4 is 4.90 Å². The number of hydrogen-bond donors (Lipinski definition) is 0. The summed E-state index contributed by atoms with van der Waals surface area (Å²) < 4.78 is 31.8. The third-order valence-electron chi connectivity index (χ3n) is 5.52. The number of pyridine rings is 1. The van der Waals surface area contributed by atoms with Gasteiger partial charge >= 0.3 is 0 Å². The predicted octanol–water partition coefficient (Wildman–Crippen LogP) is 3.95. The van der Waals surface area contributed by atoms with E-state index in [9.17, 15) is 8.60 Å². The van der Waals surface area contributed by atoms with Crippen molar-refractivity contribution in [3.8, 4) is 0 Å². The van der Waals surface area contributed by atoms with Gasteiger partial charge in [-0.3, -0.25) is 4.21 Å². The second-order valence-corrected chi connectivity index (χ2v) is 10.4. The fraction of sp³-hybridized carbons (Fsp3) is 0.526. The van der Waals surface area contributed by atoms with E-state index in [0.717, 1.165) is 39.0 Å². The maximum atomic E-state index is 13.6. The Hall–Kier alpha value is -1.29. The summed E-state index contributed by atoms with van der Waals surface area (Å²) in [6.45, 7) is 4.62. The molecule has 4 heterocycles. The molecule has 10 heteroatoms. The highest BCUT2D eigenvalue weighted by Crippen LogP contribution is 2.43. The zero-order chi connectivity index (χ0) is 20.6. The fourth-order valence-electron chi connectivity index (χ4n) is 3.99. The summed E-state index contributed by atoms with van der Waals surface area (Å²) in [5.74, 6) is -0.0722. The first-order valence-corrected chi connectivity index (χ1v) is 12.2. The van der Waals surface area contributed by atoms with Crippen LogP contribution in [0.5, 0.6) is 0 Å². The smallest absolute Gasteiger partial charge is 0.232 e. The maximum Gasteiger partial charge on any atom is 0.232 e. The van der Waals surface area contributed by atoms with E-state index in [1.54, 1.807) is 18.5 Å². The minimum atomic E-state index is -1.31. The van der Waals surface area contributed by atoms with Crippen LogP contribution in [0.15, 0.2) is 33.4 Å². The third-order valence-corrected chi connectivity index (χ3v) is 7.77. The molecule has 0 aromatic carbocycles. The summed E-state index contributed by atoms with van der Waals surface area (Å²) in [4.78, 5) is 15.3. The molecular weight excluding hydrogens is 435 g/mol. The van der Waals surface area contributed by atoms with Crippen molar-refractivity contribution in [2.24, 2.45) is 5.41 Å². The van der Waals surface area contributed by atoms with Crippen LogP contribution in [0.2, 0.25) is 5.02 Å². The molecule has 29 heavy (non-hydrogen) atoms. The molecule has 0 amide bonds. The molecule has 1 unspecified atom stereocenters. The molecule has 2 aromatic rings. The molecule has 0 radical (unpaired) electrons. The molecule has 2 aliphatic rings. The molecule has 1 spiro atoms. The number of anilines is 1. The molecule has 4 rings (SSSR count). The van der Waals surface area contributed by atoms with Gasteiger partial charge in [0.05, 0.1) is 29.7 Å². The first-order valence-electron chi connectivity index (χ1n) is 9.42. The second-order valence-electron chi connectivity index (χ2n) is 7.62. The minimum absolute atomic E-state index is 0.0584. The van der Waals surface area contributed by atoms with E-state index < -0.39 is 16.7 Å². The van der Waals surface area contributed by atoms with Crippen LogP contribution in [0.3, 0.4) is 0 Å². The third kappa shape index (κ3) is 4.42. The van der Waals surface area contributed by atoms with E-state index in [1.165, 1.54) is 18.0 Å². The molecule has 156 valence electrons. The number of nitrogens with zero attached hydrogens (tertiary/aromatic N) is 4. The van der Waals surface area contributed by atoms with Crippen LogP contribution in [0, 0.1) is 11.4 Å². The number of halogens is 2. The molecule has 2 fully saturated rings. The van der Waals surface area contributed by atoms with Gasteiger partial charge in [0.25, 0.3) is 0 Å². The zero-order valence-corrected chi connectivity index (χ0v) is 18.6. The molecule has 6 nitrogen and oxygen atoms in total. The normalized spacial score (nSPS) is 22.2. The summed E-state index contributed by atoms with van der Waals surface area (Å²) in [5, 5.41) is 0.891. The van der Waals surface area contributed by atoms with Crippen molar-refractivity contribution < 1.29 is 13.3 Å². The van der Waals surface area contributed by atoms with E-state index in [4.69, 9.17) is 16.3 Å². The Morgan fingerprint density at radius 2 is 2.14 bits per heavy atom. The number of hydrogen-bond acceptors (Lipinski definition) is 7. The first-order chi connectivity index (χ1) is 13.9. The average molecular weight is 457 g/mol. The first kappa shape index (κ1) is 21.0. The summed E-state index contributed by atoms with van der Waals surface area (Å²) >= 11 is 7.16. The average Bonchev–Trinajstić information content (AvgIpc) is 3.06. The van der Waals surface area contributed by atoms with Gasteiger partial charge < -0.3 is 9.64 Å². The SMILES string of the molecule is C[C@H]1CC2(CCN(c3ncc(Sc4ccnc(F)c4Cl)nc3S(C)=O)CC2)CO1. The fourth-order valence-corrected chi connectivity index (χ4v) is 5.71. The lowest BCUT2D eigenvalue weighted by Gasteiger charge is -2.39. The van der Waals surface area contributed by atoms with Crippen LogP contribution in [-0.2, 0) is 15.5 Å². The molecule has 0 N–H and O–H groups in total. The van der Waals surface area contributed by atoms with Gasteiger partial charge in [-0.05, 0) is 37.7 Å². The highest BCUT2D eigenvalue weighted by molar-refractivity contribution is 7.99. The van der Waals surface area contributed by atoms with Gasteiger partial charge in [0, 0.05) is 30.4 Å². The lowest BCUT2D eigenvalue weighted by molar-refractivity contribution is 0.0975. The van der Waals surface area contributed by atoms with Gasteiger partial charge in [0.1, 0.15) is 10.0 Å². The van der Waals surface area contributed by atoms with Gasteiger partial charge in [-0.25, -0.2) is 15.0 Å². The van der Waals surface area contributed by atoms with Gasteiger partial charge in [0.15, 0.2) is 10.8 Å². The van der Waals surface area contributed by atoms with E-state index >= 15 is 0 Å². The van der Waals surface area contributed by atoms with Crippen molar-refractivity contribution in [2.75, 3.05) is 30.9 Å². The van der Waals surface area contributed by atoms with E-state index in [1.807, 2.05) is 0 Å². The second kappa shape index (κ2) is 8.45. The van der Waals surface area contributed by atoms with Crippen LogP contribution in [0.4, 0.5) is 10.2 Å². The largest absolute Gasteiger partial charge is 0.378 e. The van der Waals surface area contributed by atoms with Crippen molar-refractivity contribution in [1.82, 2.24) is 15.0 Å². The molecule has 2 aromatic heterocycles. The minimum Gasteiger partial charge on any atom is -0.378 e. The predicted molar refractivity (Wildman–Crippen MR) is 112 cm³/mol. The van der Waals surface area contributed by atoms with Crippen LogP contribution in [-0.4, -0.2) is 51.2 Å². The van der Waals surface area contributed by atoms with Gasteiger partial charge in [-0.1, -0.05) is 23.4 Å². The standard InChI is InChI=1S/C19H22ClFN4O2S2/c1-12-9-19(11-27-12)4-7-25(8-5-19)17-18(29(2)26)24-14(10-23-17)28-13-3-6-22-16(21)15(13)20/h3,6,10,12H,4-5,7-9,11H2,1-2H3/t12-,29?/m0/s1. The lowest BCUT2D eigenvalue weighted by Crippen LogP contribution is -2.41. The molecule has 2 saturated heterocycles. The van der Waals surface area contributed by atoms with Crippen LogP contribution in [0.25, 0.3) is 0 Å². The van der Waals surface area contributed by atoms with Crippen molar-refractivity contribution in [3.63, 3.8) is 0 Å². The van der Waals surface area contributed by atoms with E-state index in [0.29, 0.717) is 26.9 Å². The monoisotopic (exact) mass is 456 g/mol. The Bertz CT molecular complexity index is 940. The quantitative estimate of drug-likeness (QED) is 0.645. The Labute approximate surface area is 181 Å². The van der Waals surface area contributed by atoms with E-state index in [2.05, 4.69) is 26.8 Å². The Kier molecular flexibility index (Phi) is 6.11. The zero-order valence-electron chi connectivity index (χ0n) is 16.2. The van der Waals surface area contributed by atoms with Crippen molar-refractivity contribution in [2.45, 2.75) is 47.2 Å². The van der Waals surface area contributed by atoms with E-state index in [-0.39, 0.29) is 10.4 Å². The van der Waals surface area contributed by atoms with Crippen molar-refractivity contribution >= 4 is 40.0 Å². The summed E-state index contributed by atoms with van der Waals surface area (Å²) in [5.41, 5.74) is 0.257. The number of rotatable bonds is 4. The molecule has 2 atom stereocenters. The van der Waals surface area contributed by atoms with Crippen LogP contribution >= 0.6 is 23.4 Å². The Balaban J connectivity index is 1.54. The van der Waals surface area contributed by atoms with Crippen LogP contribution in [0.1, 0.15) is 26.2 Å². The molecular formula is C19H22ClFN4O2S2. The highest BCUT2D eigenvalue weighted by atomic mass is 35.5. The topological polar surface area (TPSA) is 68.2 Å². The summed E-state index contributed by atoms with van der Waals surface area (Å²) in [7, 11) is -1.31. The Morgan fingerprint density at radius 3 is 2.79 bits per heavy atom. The van der Waals surface area contributed by atoms with Gasteiger partial charge in [-0.15, -0.1) is 0 Å². The molecule has 0 saturated carbocycles. The molecule has 0 bridgehead atoms.